The summed E-state index contributed by atoms with van der Waals surface area (Å²) in [5.41, 5.74) is 0.769. The van der Waals surface area contributed by atoms with Crippen LogP contribution in [0.4, 0.5) is 4.79 Å². The molecule has 2 amide bonds. The molecule has 1 saturated carbocycles. The Morgan fingerprint density at radius 2 is 1.86 bits per heavy atom. The molecule has 1 saturated heterocycles. The third kappa shape index (κ3) is 5.03. The predicted octanol–water partition coefficient (Wildman–Crippen LogP) is 4.82. The Bertz CT molecular complexity index is 751. The highest BCUT2D eigenvalue weighted by molar-refractivity contribution is 6.05. The third-order valence-electron chi connectivity index (χ3n) is 5.55. The molecule has 3 rings (SSSR count). The van der Waals surface area contributed by atoms with Crippen molar-refractivity contribution in [2.24, 2.45) is 11.8 Å². The maximum absolute atomic E-state index is 12.9. The molecule has 1 aromatic rings. The van der Waals surface area contributed by atoms with E-state index in [0.717, 1.165) is 11.6 Å². The number of rotatable bonds is 2. The normalized spacial score (nSPS) is 27.9. The molecule has 28 heavy (non-hydrogen) atoms. The minimum absolute atomic E-state index is 0.193. The number of hydrogen-bond donors (Lipinski definition) is 0. The van der Waals surface area contributed by atoms with Gasteiger partial charge in [-0.1, -0.05) is 13.8 Å². The summed E-state index contributed by atoms with van der Waals surface area (Å²) in [6.07, 6.45) is 10.7. The van der Waals surface area contributed by atoms with Crippen LogP contribution in [-0.2, 0) is 9.53 Å². The number of nitrogens with zero attached hydrogens (tertiary/aromatic N) is 3. The van der Waals surface area contributed by atoms with Crippen molar-refractivity contribution in [3.63, 3.8) is 0 Å². The number of imidazole rings is 1. The summed E-state index contributed by atoms with van der Waals surface area (Å²) < 4.78 is 7.59. The fourth-order valence-electron chi connectivity index (χ4n) is 4.04. The Labute approximate surface area is 167 Å². The Balaban J connectivity index is 1.74. The van der Waals surface area contributed by atoms with Crippen molar-refractivity contribution >= 4 is 18.1 Å². The SMILES string of the molecule is CC1CCC(n2cnc(/C=C3\C[C@H](C)CN(C(=O)OC(C)(C)C)C3=O)c2)CC1. The van der Waals surface area contributed by atoms with Crippen LogP contribution in [0.5, 0.6) is 0 Å². The number of hydrogen-bond acceptors (Lipinski definition) is 4. The van der Waals surface area contributed by atoms with Gasteiger partial charge in [-0.25, -0.2) is 14.7 Å². The summed E-state index contributed by atoms with van der Waals surface area (Å²) in [6, 6.07) is 0.495. The quantitative estimate of drug-likeness (QED) is 0.682. The van der Waals surface area contributed by atoms with Crippen molar-refractivity contribution in [2.45, 2.75) is 78.4 Å². The Hall–Kier alpha value is -2.11. The van der Waals surface area contributed by atoms with Crippen LogP contribution in [0.25, 0.3) is 6.08 Å². The fraction of sp³-hybridized carbons (Fsp3) is 0.682. The number of likely N-dealkylation sites (tertiary alicyclic amines) is 1. The van der Waals surface area contributed by atoms with Crippen molar-refractivity contribution in [1.82, 2.24) is 14.5 Å². The Kier molecular flexibility index (Phi) is 5.96. The molecule has 0 unspecified atom stereocenters. The number of carbonyl (C=O) groups excluding carboxylic acids is 2. The fourth-order valence-corrected chi connectivity index (χ4v) is 4.04. The van der Waals surface area contributed by atoms with Gasteiger partial charge in [-0.3, -0.25) is 4.79 Å². The van der Waals surface area contributed by atoms with E-state index >= 15 is 0 Å². The molecule has 2 fully saturated rings. The minimum Gasteiger partial charge on any atom is -0.443 e. The summed E-state index contributed by atoms with van der Waals surface area (Å²) in [6.45, 7) is 10.2. The number of piperidine rings is 1. The molecule has 6 heteroatoms. The molecule has 2 heterocycles. The topological polar surface area (TPSA) is 64.4 Å². The maximum atomic E-state index is 12.9. The molecular weight excluding hydrogens is 354 g/mol. The lowest BCUT2D eigenvalue weighted by Gasteiger charge is -2.32. The minimum atomic E-state index is -0.627. The number of aromatic nitrogens is 2. The summed E-state index contributed by atoms with van der Waals surface area (Å²) in [5, 5.41) is 0. The highest BCUT2D eigenvalue weighted by atomic mass is 16.6. The van der Waals surface area contributed by atoms with Crippen LogP contribution in [0.2, 0.25) is 0 Å². The van der Waals surface area contributed by atoms with E-state index in [1.165, 1.54) is 30.6 Å². The molecular formula is C22H33N3O3. The van der Waals surface area contributed by atoms with E-state index in [0.29, 0.717) is 24.6 Å². The van der Waals surface area contributed by atoms with Gasteiger partial charge >= 0.3 is 6.09 Å². The molecule has 0 aromatic carbocycles. The van der Waals surface area contributed by atoms with Crippen LogP contribution in [0.15, 0.2) is 18.1 Å². The van der Waals surface area contributed by atoms with Gasteiger partial charge in [0.05, 0.1) is 12.0 Å². The van der Waals surface area contributed by atoms with Gasteiger partial charge in [0.2, 0.25) is 0 Å². The van der Waals surface area contributed by atoms with E-state index in [1.807, 2.05) is 25.5 Å². The second-order valence-corrected chi connectivity index (χ2v) is 9.53. The number of ether oxygens (including phenoxy) is 1. The zero-order valence-corrected chi connectivity index (χ0v) is 17.8. The standard InChI is InChI=1S/C22H33N3O3/c1-15-6-8-19(9-7-15)24-13-18(23-14-24)11-17-10-16(2)12-25(20(17)26)21(27)28-22(3,4)5/h11,13-16,19H,6-10,12H2,1-5H3/b17-11+/t15?,16-,19?/m0/s1. The van der Waals surface area contributed by atoms with Gasteiger partial charge in [0.25, 0.3) is 5.91 Å². The van der Waals surface area contributed by atoms with Crippen molar-refractivity contribution in [3.8, 4) is 0 Å². The van der Waals surface area contributed by atoms with E-state index in [1.54, 1.807) is 20.8 Å². The molecule has 0 N–H and O–H groups in total. The molecule has 1 atom stereocenters. The highest BCUT2D eigenvalue weighted by Crippen LogP contribution is 2.32. The molecule has 0 bridgehead atoms. The highest BCUT2D eigenvalue weighted by Gasteiger charge is 2.34. The second kappa shape index (κ2) is 8.10. The van der Waals surface area contributed by atoms with Crippen molar-refractivity contribution < 1.29 is 14.3 Å². The zero-order chi connectivity index (χ0) is 20.5. The molecule has 1 aliphatic carbocycles. The molecule has 2 aliphatic rings. The van der Waals surface area contributed by atoms with Crippen LogP contribution >= 0.6 is 0 Å². The first-order chi connectivity index (χ1) is 13.1. The second-order valence-electron chi connectivity index (χ2n) is 9.53. The number of imide groups is 1. The van der Waals surface area contributed by atoms with Crippen LogP contribution in [0, 0.1) is 11.8 Å². The molecule has 1 aliphatic heterocycles. The first kappa shape index (κ1) is 20.6. The Morgan fingerprint density at radius 3 is 2.50 bits per heavy atom. The van der Waals surface area contributed by atoms with Crippen molar-refractivity contribution in [2.75, 3.05) is 6.54 Å². The maximum Gasteiger partial charge on any atom is 0.417 e. The third-order valence-corrected chi connectivity index (χ3v) is 5.55. The summed E-state index contributed by atoms with van der Waals surface area (Å²) in [4.78, 5) is 31.0. The van der Waals surface area contributed by atoms with E-state index in [4.69, 9.17) is 4.74 Å². The lowest BCUT2D eigenvalue weighted by molar-refractivity contribution is -0.128. The van der Waals surface area contributed by atoms with Gasteiger partial charge in [-0.2, -0.15) is 0 Å². The van der Waals surface area contributed by atoms with E-state index in [9.17, 15) is 9.59 Å². The smallest absolute Gasteiger partial charge is 0.417 e. The van der Waals surface area contributed by atoms with Gasteiger partial charge in [0, 0.05) is 24.4 Å². The summed E-state index contributed by atoms with van der Waals surface area (Å²) >= 11 is 0. The molecule has 0 radical (unpaired) electrons. The predicted molar refractivity (Wildman–Crippen MR) is 109 cm³/mol. The molecule has 0 spiro atoms. The van der Waals surface area contributed by atoms with Gasteiger partial charge in [0.15, 0.2) is 0 Å². The van der Waals surface area contributed by atoms with Gasteiger partial charge in [-0.15, -0.1) is 0 Å². The van der Waals surface area contributed by atoms with E-state index < -0.39 is 11.7 Å². The van der Waals surface area contributed by atoms with Crippen LogP contribution in [0.1, 0.15) is 78.5 Å². The van der Waals surface area contributed by atoms with Crippen LogP contribution in [0.3, 0.4) is 0 Å². The van der Waals surface area contributed by atoms with E-state index in [2.05, 4.69) is 16.5 Å². The molecule has 154 valence electrons. The van der Waals surface area contributed by atoms with Gasteiger partial charge < -0.3 is 9.30 Å². The van der Waals surface area contributed by atoms with E-state index in [-0.39, 0.29) is 11.8 Å². The summed E-state index contributed by atoms with van der Waals surface area (Å²) in [7, 11) is 0. The lowest BCUT2D eigenvalue weighted by atomic mass is 9.87. The van der Waals surface area contributed by atoms with Crippen LogP contribution in [-0.4, -0.2) is 38.6 Å². The lowest BCUT2D eigenvalue weighted by Crippen LogP contribution is -2.46. The van der Waals surface area contributed by atoms with Gasteiger partial charge in [-0.05, 0) is 70.8 Å². The summed E-state index contributed by atoms with van der Waals surface area (Å²) in [5.74, 6) is 0.730. The van der Waals surface area contributed by atoms with Crippen molar-refractivity contribution in [1.29, 1.82) is 0 Å². The monoisotopic (exact) mass is 387 g/mol. The van der Waals surface area contributed by atoms with Crippen LogP contribution < -0.4 is 0 Å². The molecule has 6 nitrogen and oxygen atoms in total. The zero-order valence-electron chi connectivity index (χ0n) is 17.8. The Morgan fingerprint density at radius 1 is 1.18 bits per heavy atom. The average molecular weight is 388 g/mol. The number of amides is 2. The first-order valence-electron chi connectivity index (χ1n) is 10.4. The largest absolute Gasteiger partial charge is 0.443 e. The average Bonchev–Trinajstić information content (AvgIpc) is 3.05. The van der Waals surface area contributed by atoms with Gasteiger partial charge in [0.1, 0.15) is 5.60 Å². The first-order valence-corrected chi connectivity index (χ1v) is 10.4. The van der Waals surface area contributed by atoms with Crippen molar-refractivity contribution in [3.05, 3.63) is 23.8 Å². The molecule has 1 aromatic heterocycles. The number of carbonyl (C=O) groups is 2.